The number of benzene rings is 1. The lowest BCUT2D eigenvalue weighted by Gasteiger charge is -2.30. The zero-order valence-electron chi connectivity index (χ0n) is 8.90. The van der Waals surface area contributed by atoms with E-state index < -0.39 is 18.2 Å². The molecule has 1 aromatic carbocycles. The van der Waals surface area contributed by atoms with Crippen LogP contribution in [0.3, 0.4) is 0 Å². The van der Waals surface area contributed by atoms with Gasteiger partial charge in [0.05, 0.1) is 0 Å². The number of aliphatic hydroxyl groups is 1. The summed E-state index contributed by atoms with van der Waals surface area (Å²) in [7, 11) is 0. The Bertz CT molecular complexity index is 389. The third-order valence-electron chi connectivity index (χ3n) is 2.62. The topological polar surface area (TPSA) is 20.2 Å². The lowest BCUT2D eigenvalue weighted by atomic mass is 9.89. The number of rotatable bonds is 2. The van der Waals surface area contributed by atoms with Gasteiger partial charge in [-0.2, -0.15) is 13.2 Å². The van der Waals surface area contributed by atoms with E-state index in [1.54, 1.807) is 6.92 Å². The van der Waals surface area contributed by atoms with Crippen molar-refractivity contribution in [1.29, 1.82) is 0 Å². The predicted octanol–water partition coefficient (Wildman–Crippen LogP) is 3.81. The van der Waals surface area contributed by atoms with E-state index in [1.807, 2.05) is 0 Å². The van der Waals surface area contributed by atoms with Gasteiger partial charge >= 0.3 is 6.18 Å². The summed E-state index contributed by atoms with van der Waals surface area (Å²) in [4.78, 5) is 0. The molecule has 1 rings (SSSR count). The molecule has 0 fully saturated rings. The molecule has 0 amide bonds. The Morgan fingerprint density at radius 1 is 1.31 bits per heavy atom. The predicted molar refractivity (Wildman–Crippen MR) is 56.4 cm³/mol. The summed E-state index contributed by atoms with van der Waals surface area (Å²) in [6.07, 6.45) is -5.13. The van der Waals surface area contributed by atoms with Gasteiger partial charge in [0.2, 0.25) is 0 Å². The summed E-state index contributed by atoms with van der Waals surface area (Å²) < 4.78 is 38.2. The Labute approximate surface area is 96.9 Å². The molecule has 1 N–H and O–H groups in total. The molecule has 0 saturated carbocycles. The van der Waals surface area contributed by atoms with Crippen molar-refractivity contribution in [1.82, 2.24) is 0 Å². The second-order valence-corrected chi connectivity index (χ2v) is 4.08. The van der Waals surface area contributed by atoms with Gasteiger partial charge in [0.1, 0.15) is 0 Å². The molecular weight excluding hydrogens is 241 g/mol. The molecule has 0 bridgehead atoms. The molecule has 1 aromatic rings. The van der Waals surface area contributed by atoms with Crippen LogP contribution in [0.15, 0.2) is 18.2 Å². The van der Waals surface area contributed by atoms with Crippen LogP contribution < -0.4 is 0 Å². The van der Waals surface area contributed by atoms with Crippen molar-refractivity contribution in [3.8, 4) is 0 Å². The minimum Gasteiger partial charge on any atom is -0.376 e. The van der Waals surface area contributed by atoms with Crippen molar-refractivity contribution in [2.75, 3.05) is 0 Å². The summed E-state index contributed by atoms with van der Waals surface area (Å²) in [6, 6.07) is 3.82. The first-order valence-electron chi connectivity index (χ1n) is 4.78. The maximum Gasteiger partial charge on any atom is 0.421 e. The molecule has 1 unspecified atom stereocenters. The van der Waals surface area contributed by atoms with Gasteiger partial charge in [-0.25, -0.2) is 0 Å². The number of aryl methyl sites for hydroxylation is 1. The van der Waals surface area contributed by atoms with E-state index in [0.29, 0.717) is 10.6 Å². The SMILES string of the molecule is CCC(O)(c1ccc(Cl)c(C)c1)C(F)(F)F. The number of hydrogen-bond acceptors (Lipinski definition) is 1. The Kier molecular flexibility index (Phi) is 3.55. The molecule has 0 saturated heterocycles. The van der Waals surface area contributed by atoms with Gasteiger partial charge in [0, 0.05) is 5.02 Å². The van der Waals surface area contributed by atoms with Crippen molar-refractivity contribution in [3.63, 3.8) is 0 Å². The van der Waals surface area contributed by atoms with Crippen LogP contribution in [0.1, 0.15) is 24.5 Å². The fourth-order valence-electron chi connectivity index (χ4n) is 1.47. The summed E-state index contributed by atoms with van der Waals surface area (Å²) in [6.45, 7) is 2.88. The summed E-state index contributed by atoms with van der Waals surface area (Å²) in [5, 5.41) is 10.1. The van der Waals surface area contributed by atoms with Gasteiger partial charge < -0.3 is 5.11 Å². The van der Waals surface area contributed by atoms with E-state index in [1.165, 1.54) is 25.1 Å². The summed E-state index contributed by atoms with van der Waals surface area (Å²) >= 11 is 5.73. The first-order chi connectivity index (χ1) is 7.22. The summed E-state index contributed by atoms with van der Waals surface area (Å²) in [5.74, 6) is 0. The smallest absolute Gasteiger partial charge is 0.376 e. The fraction of sp³-hybridized carbons (Fsp3) is 0.455. The molecule has 90 valence electrons. The second-order valence-electron chi connectivity index (χ2n) is 3.68. The normalized spacial score (nSPS) is 15.9. The van der Waals surface area contributed by atoms with Gasteiger partial charge in [-0.05, 0) is 30.5 Å². The second kappa shape index (κ2) is 4.26. The molecule has 1 atom stereocenters. The van der Waals surface area contributed by atoms with Crippen LogP contribution in [0, 0.1) is 6.92 Å². The van der Waals surface area contributed by atoms with Crippen molar-refractivity contribution in [2.24, 2.45) is 0 Å². The van der Waals surface area contributed by atoms with Crippen LogP contribution in [0.25, 0.3) is 0 Å². The molecule has 0 aliphatic carbocycles. The number of hydrogen-bond donors (Lipinski definition) is 1. The highest BCUT2D eigenvalue weighted by Gasteiger charge is 2.53. The van der Waals surface area contributed by atoms with Gasteiger partial charge in [-0.1, -0.05) is 30.7 Å². The highest BCUT2D eigenvalue weighted by Crippen LogP contribution is 2.42. The minimum absolute atomic E-state index is 0.176. The lowest BCUT2D eigenvalue weighted by Crippen LogP contribution is -2.41. The molecule has 16 heavy (non-hydrogen) atoms. The molecule has 0 spiro atoms. The largest absolute Gasteiger partial charge is 0.421 e. The van der Waals surface area contributed by atoms with Crippen molar-refractivity contribution >= 4 is 11.6 Å². The van der Waals surface area contributed by atoms with Crippen LogP contribution in [0.2, 0.25) is 5.02 Å². The standard InChI is InChI=1S/C11H12ClF3O/c1-3-10(16,11(13,14)15)8-4-5-9(12)7(2)6-8/h4-6,16H,3H2,1-2H3. The highest BCUT2D eigenvalue weighted by molar-refractivity contribution is 6.31. The molecule has 1 nitrogen and oxygen atoms in total. The van der Waals surface area contributed by atoms with E-state index in [0.717, 1.165) is 0 Å². The molecular formula is C11H12ClF3O. The number of halogens is 4. The minimum atomic E-state index is -4.69. The Morgan fingerprint density at radius 2 is 1.88 bits per heavy atom. The molecule has 0 aromatic heterocycles. The van der Waals surface area contributed by atoms with E-state index in [2.05, 4.69) is 0 Å². The van der Waals surface area contributed by atoms with Crippen LogP contribution in [-0.2, 0) is 5.60 Å². The molecule has 0 aliphatic heterocycles. The van der Waals surface area contributed by atoms with E-state index >= 15 is 0 Å². The van der Waals surface area contributed by atoms with Gasteiger partial charge in [0.25, 0.3) is 0 Å². The highest BCUT2D eigenvalue weighted by atomic mass is 35.5. The maximum atomic E-state index is 12.7. The Balaban J connectivity index is 3.29. The molecule has 0 heterocycles. The van der Waals surface area contributed by atoms with Crippen LogP contribution in [-0.4, -0.2) is 11.3 Å². The van der Waals surface area contributed by atoms with E-state index in [-0.39, 0.29) is 5.56 Å². The molecule has 0 aliphatic rings. The lowest BCUT2D eigenvalue weighted by molar-refractivity contribution is -0.267. The van der Waals surface area contributed by atoms with Crippen molar-refractivity contribution in [2.45, 2.75) is 32.0 Å². The molecule has 5 heteroatoms. The van der Waals surface area contributed by atoms with Crippen LogP contribution >= 0.6 is 11.6 Å². The summed E-state index contributed by atoms with van der Waals surface area (Å²) in [5.41, 5.74) is -2.47. The van der Waals surface area contributed by atoms with Gasteiger partial charge in [-0.3, -0.25) is 0 Å². The van der Waals surface area contributed by atoms with Crippen molar-refractivity contribution in [3.05, 3.63) is 34.3 Å². The average molecular weight is 253 g/mol. The first-order valence-corrected chi connectivity index (χ1v) is 5.16. The maximum absolute atomic E-state index is 12.7. The molecule has 0 radical (unpaired) electrons. The zero-order chi connectivity index (χ0) is 12.6. The Morgan fingerprint density at radius 3 is 2.25 bits per heavy atom. The van der Waals surface area contributed by atoms with Crippen LogP contribution in [0.5, 0.6) is 0 Å². The van der Waals surface area contributed by atoms with E-state index in [4.69, 9.17) is 11.6 Å². The van der Waals surface area contributed by atoms with Gasteiger partial charge in [-0.15, -0.1) is 0 Å². The van der Waals surface area contributed by atoms with Crippen molar-refractivity contribution < 1.29 is 18.3 Å². The quantitative estimate of drug-likeness (QED) is 0.849. The zero-order valence-corrected chi connectivity index (χ0v) is 9.65. The third-order valence-corrected chi connectivity index (χ3v) is 3.04. The Hall–Kier alpha value is -0.740. The van der Waals surface area contributed by atoms with Gasteiger partial charge in [0.15, 0.2) is 5.60 Å². The number of alkyl halides is 3. The first kappa shape index (κ1) is 13.3. The third kappa shape index (κ3) is 2.18. The van der Waals surface area contributed by atoms with Crippen LogP contribution in [0.4, 0.5) is 13.2 Å². The monoisotopic (exact) mass is 252 g/mol. The van der Waals surface area contributed by atoms with E-state index in [9.17, 15) is 18.3 Å². The fourth-order valence-corrected chi connectivity index (χ4v) is 1.59. The average Bonchev–Trinajstić information content (AvgIpc) is 2.19.